The van der Waals surface area contributed by atoms with Crippen LogP contribution in [0.2, 0.25) is 5.02 Å². The average Bonchev–Trinajstić information content (AvgIpc) is 2.58. The molecule has 0 unspecified atom stereocenters. The van der Waals surface area contributed by atoms with Gasteiger partial charge in [-0.3, -0.25) is 4.79 Å². The number of halogens is 2. The van der Waals surface area contributed by atoms with Crippen molar-refractivity contribution in [3.8, 4) is 0 Å². The number of piperidine rings is 1. The molecular weight excluding hydrogens is 376 g/mol. The zero-order valence-electron chi connectivity index (χ0n) is 12.7. The molecule has 0 saturated carbocycles. The molecule has 3 nitrogen and oxygen atoms in total. The summed E-state index contributed by atoms with van der Waals surface area (Å²) in [4.78, 5) is 14.7. The molecule has 1 amide bonds. The standard InChI is InChI=1S/C18H18BrClN2O/c19-13-4-9-17(20)16(12-13)18(23)21-14-5-7-15(8-6-14)22-10-2-1-3-11-22/h4-9,12H,1-3,10-11H2,(H,21,23). The number of benzene rings is 2. The lowest BCUT2D eigenvalue weighted by Gasteiger charge is -2.28. The van der Waals surface area contributed by atoms with Gasteiger partial charge in [0.1, 0.15) is 0 Å². The molecule has 1 heterocycles. The van der Waals surface area contributed by atoms with Crippen LogP contribution in [0.1, 0.15) is 29.6 Å². The Labute approximate surface area is 149 Å². The Morgan fingerprint density at radius 1 is 1.04 bits per heavy atom. The molecule has 120 valence electrons. The third kappa shape index (κ3) is 4.06. The predicted molar refractivity (Wildman–Crippen MR) is 99.6 cm³/mol. The van der Waals surface area contributed by atoms with E-state index in [9.17, 15) is 4.79 Å². The number of hydrogen-bond donors (Lipinski definition) is 1. The number of nitrogens with zero attached hydrogens (tertiary/aromatic N) is 1. The van der Waals surface area contributed by atoms with Crippen molar-refractivity contribution in [2.45, 2.75) is 19.3 Å². The monoisotopic (exact) mass is 392 g/mol. The van der Waals surface area contributed by atoms with E-state index in [1.807, 2.05) is 18.2 Å². The van der Waals surface area contributed by atoms with Crippen molar-refractivity contribution < 1.29 is 4.79 Å². The van der Waals surface area contributed by atoms with Crippen molar-refractivity contribution in [2.24, 2.45) is 0 Å². The fourth-order valence-corrected chi connectivity index (χ4v) is 3.34. The van der Waals surface area contributed by atoms with Crippen LogP contribution >= 0.6 is 27.5 Å². The van der Waals surface area contributed by atoms with E-state index < -0.39 is 0 Å². The highest BCUT2D eigenvalue weighted by Gasteiger charge is 2.13. The normalized spacial score (nSPS) is 14.6. The Kier molecular flexibility index (Phi) is 5.23. The summed E-state index contributed by atoms with van der Waals surface area (Å²) >= 11 is 9.46. The molecular formula is C18H18BrClN2O. The molecule has 0 atom stereocenters. The van der Waals surface area contributed by atoms with Gasteiger partial charge in [0.25, 0.3) is 5.91 Å². The molecule has 0 aliphatic carbocycles. The van der Waals surface area contributed by atoms with E-state index in [4.69, 9.17) is 11.6 Å². The molecule has 0 bridgehead atoms. The smallest absolute Gasteiger partial charge is 0.257 e. The first-order valence-electron chi connectivity index (χ1n) is 7.75. The zero-order chi connectivity index (χ0) is 16.2. The number of rotatable bonds is 3. The van der Waals surface area contributed by atoms with Crippen LogP contribution in [0.25, 0.3) is 0 Å². The minimum absolute atomic E-state index is 0.206. The van der Waals surface area contributed by atoms with Crippen LogP contribution in [0.15, 0.2) is 46.9 Å². The zero-order valence-corrected chi connectivity index (χ0v) is 15.0. The maximum Gasteiger partial charge on any atom is 0.257 e. The summed E-state index contributed by atoms with van der Waals surface area (Å²) in [6.45, 7) is 2.22. The highest BCUT2D eigenvalue weighted by Crippen LogP contribution is 2.24. The van der Waals surface area contributed by atoms with Crippen LogP contribution in [0.5, 0.6) is 0 Å². The predicted octanol–water partition coefficient (Wildman–Crippen LogP) is 5.35. The minimum atomic E-state index is -0.206. The molecule has 1 aliphatic rings. The topological polar surface area (TPSA) is 32.3 Å². The van der Waals surface area contributed by atoms with Crippen molar-refractivity contribution in [1.29, 1.82) is 0 Å². The minimum Gasteiger partial charge on any atom is -0.372 e. The van der Waals surface area contributed by atoms with Gasteiger partial charge in [0.15, 0.2) is 0 Å². The first-order valence-corrected chi connectivity index (χ1v) is 8.92. The summed E-state index contributed by atoms with van der Waals surface area (Å²) in [6.07, 6.45) is 3.82. The molecule has 5 heteroatoms. The maximum atomic E-state index is 12.3. The summed E-state index contributed by atoms with van der Waals surface area (Å²) in [7, 11) is 0. The van der Waals surface area contributed by atoms with Crippen LogP contribution in [0.3, 0.4) is 0 Å². The Balaban J connectivity index is 1.70. The summed E-state index contributed by atoms with van der Waals surface area (Å²) in [5, 5.41) is 3.33. The molecule has 0 aromatic heterocycles. The van der Waals surface area contributed by atoms with Crippen molar-refractivity contribution in [1.82, 2.24) is 0 Å². The van der Waals surface area contributed by atoms with Gasteiger partial charge in [0, 0.05) is 28.9 Å². The van der Waals surface area contributed by atoms with E-state index >= 15 is 0 Å². The number of nitrogens with one attached hydrogen (secondary N) is 1. The van der Waals surface area contributed by atoms with Crippen molar-refractivity contribution in [2.75, 3.05) is 23.3 Å². The Hall–Kier alpha value is -1.52. The van der Waals surface area contributed by atoms with Crippen LogP contribution in [0.4, 0.5) is 11.4 Å². The highest BCUT2D eigenvalue weighted by molar-refractivity contribution is 9.10. The molecule has 1 N–H and O–H groups in total. The summed E-state index contributed by atoms with van der Waals surface area (Å²) in [5.74, 6) is -0.206. The molecule has 1 aliphatic heterocycles. The van der Waals surface area contributed by atoms with Crippen molar-refractivity contribution in [3.05, 3.63) is 57.5 Å². The quantitative estimate of drug-likeness (QED) is 0.763. The average molecular weight is 394 g/mol. The van der Waals surface area contributed by atoms with E-state index in [1.54, 1.807) is 12.1 Å². The molecule has 2 aromatic rings. The number of carbonyl (C=O) groups excluding carboxylic acids is 1. The Bertz CT molecular complexity index is 697. The van der Waals surface area contributed by atoms with Gasteiger partial charge in [0.2, 0.25) is 0 Å². The van der Waals surface area contributed by atoms with Gasteiger partial charge in [-0.25, -0.2) is 0 Å². The second-order valence-electron chi connectivity index (χ2n) is 5.67. The first kappa shape index (κ1) is 16.3. The van der Waals surface area contributed by atoms with Crippen LogP contribution < -0.4 is 10.2 Å². The molecule has 2 aromatic carbocycles. The van der Waals surface area contributed by atoms with Crippen LogP contribution in [-0.4, -0.2) is 19.0 Å². The number of carbonyl (C=O) groups is 1. The fourth-order valence-electron chi connectivity index (χ4n) is 2.78. The summed E-state index contributed by atoms with van der Waals surface area (Å²) in [6, 6.07) is 13.2. The third-order valence-electron chi connectivity index (χ3n) is 4.02. The summed E-state index contributed by atoms with van der Waals surface area (Å²) in [5.41, 5.74) is 2.44. The first-order chi connectivity index (χ1) is 11.1. The van der Waals surface area contributed by atoms with Gasteiger partial charge in [-0.1, -0.05) is 27.5 Å². The highest BCUT2D eigenvalue weighted by atomic mass is 79.9. The van der Waals surface area contributed by atoms with Crippen molar-refractivity contribution >= 4 is 44.8 Å². The Morgan fingerprint density at radius 3 is 2.43 bits per heavy atom. The lowest BCUT2D eigenvalue weighted by molar-refractivity contribution is 0.102. The van der Waals surface area contributed by atoms with Crippen LogP contribution in [-0.2, 0) is 0 Å². The lowest BCUT2D eigenvalue weighted by Crippen LogP contribution is -2.29. The van der Waals surface area contributed by atoms with E-state index in [1.165, 1.54) is 24.9 Å². The molecule has 1 saturated heterocycles. The van der Waals surface area contributed by atoms with E-state index in [0.717, 1.165) is 23.2 Å². The second kappa shape index (κ2) is 7.37. The SMILES string of the molecule is O=C(Nc1ccc(N2CCCCC2)cc1)c1cc(Br)ccc1Cl. The largest absolute Gasteiger partial charge is 0.372 e. The van der Waals surface area contributed by atoms with Crippen LogP contribution in [0, 0.1) is 0 Å². The van der Waals surface area contributed by atoms with Gasteiger partial charge >= 0.3 is 0 Å². The van der Waals surface area contributed by atoms with E-state index in [2.05, 4.69) is 38.3 Å². The number of amides is 1. The molecule has 23 heavy (non-hydrogen) atoms. The summed E-state index contributed by atoms with van der Waals surface area (Å²) < 4.78 is 0.826. The Morgan fingerprint density at radius 2 is 1.74 bits per heavy atom. The molecule has 3 rings (SSSR count). The lowest BCUT2D eigenvalue weighted by atomic mass is 10.1. The number of anilines is 2. The van der Waals surface area contributed by atoms with Gasteiger partial charge in [-0.05, 0) is 61.7 Å². The van der Waals surface area contributed by atoms with Gasteiger partial charge in [-0.15, -0.1) is 0 Å². The molecule has 0 radical (unpaired) electrons. The molecule has 0 spiro atoms. The maximum absolute atomic E-state index is 12.3. The van der Waals surface area contributed by atoms with E-state index in [-0.39, 0.29) is 5.91 Å². The van der Waals surface area contributed by atoms with Gasteiger partial charge < -0.3 is 10.2 Å². The fraction of sp³-hybridized carbons (Fsp3) is 0.278. The number of hydrogen-bond acceptors (Lipinski definition) is 2. The van der Waals surface area contributed by atoms with E-state index in [0.29, 0.717) is 10.6 Å². The second-order valence-corrected chi connectivity index (χ2v) is 7.00. The van der Waals surface area contributed by atoms with Gasteiger partial charge in [0.05, 0.1) is 10.6 Å². The van der Waals surface area contributed by atoms with Gasteiger partial charge in [-0.2, -0.15) is 0 Å². The molecule has 1 fully saturated rings. The third-order valence-corrected chi connectivity index (χ3v) is 4.84. The van der Waals surface area contributed by atoms with Crippen molar-refractivity contribution in [3.63, 3.8) is 0 Å².